The maximum Gasteiger partial charge on any atom is 0.203 e. The van der Waals surface area contributed by atoms with E-state index in [2.05, 4.69) is 33.4 Å². The second-order valence-corrected chi connectivity index (χ2v) is 6.10. The van der Waals surface area contributed by atoms with Gasteiger partial charge in [0.05, 0.1) is 11.0 Å². The molecule has 1 atom stereocenters. The molecule has 2 aliphatic rings. The van der Waals surface area contributed by atoms with E-state index in [-0.39, 0.29) is 0 Å². The average molecular weight is 270 g/mol. The van der Waals surface area contributed by atoms with Gasteiger partial charge in [0, 0.05) is 19.1 Å². The van der Waals surface area contributed by atoms with Crippen molar-refractivity contribution in [2.75, 3.05) is 24.5 Å². The van der Waals surface area contributed by atoms with Gasteiger partial charge in [-0.3, -0.25) is 0 Å². The monoisotopic (exact) mass is 270 g/mol. The van der Waals surface area contributed by atoms with Crippen molar-refractivity contribution >= 4 is 17.0 Å². The van der Waals surface area contributed by atoms with Gasteiger partial charge >= 0.3 is 0 Å². The number of nitrogens with one attached hydrogen (secondary N) is 2. The molecule has 0 aliphatic carbocycles. The fourth-order valence-electron chi connectivity index (χ4n) is 3.72. The Bertz CT molecular complexity index is 544. The SMILES string of the molecule is c1ccc2[nH]c(N3CCC(C4CCCN4)CC3)nc2c1. The molecule has 1 unspecified atom stereocenters. The van der Waals surface area contributed by atoms with Crippen molar-refractivity contribution in [2.24, 2.45) is 5.92 Å². The zero-order valence-electron chi connectivity index (χ0n) is 11.8. The van der Waals surface area contributed by atoms with Gasteiger partial charge in [0.1, 0.15) is 0 Å². The molecule has 2 aromatic rings. The maximum absolute atomic E-state index is 4.71. The first-order chi connectivity index (χ1) is 9.90. The first-order valence-electron chi connectivity index (χ1n) is 7.83. The van der Waals surface area contributed by atoms with Gasteiger partial charge in [-0.15, -0.1) is 0 Å². The number of benzene rings is 1. The Balaban J connectivity index is 1.45. The molecule has 4 rings (SSSR count). The lowest BCUT2D eigenvalue weighted by atomic mass is 9.89. The van der Waals surface area contributed by atoms with Crippen molar-refractivity contribution in [3.05, 3.63) is 24.3 Å². The summed E-state index contributed by atoms with van der Waals surface area (Å²) in [5, 5.41) is 3.66. The van der Waals surface area contributed by atoms with Crippen LogP contribution in [0.4, 0.5) is 5.95 Å². The third kappa shape index (κ3) is 2.18. The molecule has 2 N–H and O–H groups in total. The van der Waals surface area contributed by atoms with Crippen LogP contribution in [0.15, 0.2) is 24.3 Å². The van der Waals surface area contributed by atoms with Gasteiger partial charge in [-0.2, -0.15) is 0 Å². The Morgan fingerprint density at radius 3 is 2.70 bits per heavy atom. The van der Waals surface area contributed by atoms with Gasteiger partial charge in [-0.25, -0.2) is 4.98 Å². The number of aromatic nitrogens is 2. The molecule has 106 valence electrons. The van der Waals surface area contributed by atoms with Crippen LogP contribution in [0, 0.1) is 5.92 Å². The third-order valence-corrected chi connectivity index (χ3v) is 4.88. The van der Waals surface area contributed by atoms with Crippen molar-refractivity contribution in [3.63, 3.8) is 0 Å². The number of aromatic amines is 1. The van der Waals surface area contributed by atoms with E-state index in [0.29, 0.717) is 0 Å². The van der Waals surface area contributed by atoms with E-state index in [1.165, 1.54) is 32.2 Å². The second kappa shape index (κ2) is 5.09. The summed E-state index contributed by atoms with van der Waals surface area (Å²) in [4.78, 5) is 10.6. The highest BCUT2D eigenvalue weighted by Crippen LogP contribution is 2.28. The van der Waals surface area contributed by atoms with Crippen LogP contribution in [0.3, 0.4) is 0 Å². The minimum absolute atomic E-state index is 0.771. The Morgan fingerprint density at radius 2 is 1.95 bits per heavy atom. The molecule has 0 bridgehead atoms. The Hall–Kier alpha value is -1.55. The molecule has 2 saturated heterocycles. The highest BCUT2D eigenvalue weighted by Gasteiger charge is 2.29. The Kier molecular flexibility index (Phi) is 3.11. The molecule has 4 nitrogen and oxygen atoms in total. The normalized spacial score (nSPS) is 24.6. The Morgan fingerprint density at radius 1 is 1.10 bits per heavy atom. The van der Waals surface area contributed by atoms with E-state index in [1.807, 2.05) is 6.07 Å². The summed E-state index contributed by atoms with van der Waals surface area (Å²) >= 11 is 0. The van der Waals surface area contributed by atoms with Crippen LogP contribution in [0.5, 0.6) is 0 Å². The number of hydrogen-bond donors (Lipinski definition) is 2. The summed E-state index contributed by atoms with van der Waals surface area (Å²) in [6.07, 6.45) is 5.30. The van der Waals surface area contributed by atoms with E-state index < -0.39 is 0 Å². The number of nitrogens with zero attached hydrogens (tertiary/aromatic N) is 2. The molecule has 2 fully saturated rings. The smallest absolute Gasteiger partial charge is 0.203 e. The van der Waals surface area contributed by atoms with Crippen molar-refractivity contribution in [2.45, 2.75) is 31.7 Å². The standard InChI is InChI=1S/C16H22N4/c1-2-5-15-14(4-1)18-16(19-15)20-10-7-12(8-11-20)13-6-3-9-17-13/h1-2,4-5,12-13,17H,3,6-11H2,(H,18,19). The quantitative estimate of drug-likeness (QED) is 0.881. The van der Waals surface area contributed by atoms with Crippen LogP contribution in [0.1, 0.15) is 25.7 Å². The fourth-order valence-corrected chi connectivity index (χ4v) is 3.72. The molecule has 3 heterocycles. The zero-order chi connectivity index (χ0) is 13.4. The molecule has 0 amide bonds. The molecule has 1 aromatic heterocycles. The topological polar surface area (TPSA) is 44.0 Å². The molecule has 2 aliphatic heterocycles. The number of H-pyrrole nitrogens is 1. The lowest BCUT2D eigenvalue weighted by Gasteiger charge is -2.34. The van der Waals surface area contributed by atoms with Gasteiger partial charge in [-0.1, -0.05) is 12.1 Å². The molecule has 0 radical (unpaired) electrons. The molecule has 1 aromatic carbocycles. The van der Waals surface area contributed by atoms with E-state index in [1.54, 1.807) is 0 Å². The minimum atomic E-state index is 0.771. The molecule has 0 saturated carbocycles. The molecule has 0 spiro atoms. The number of anilines is 1. The van der Waals surface area contributed by atoms with Crippen LogP contribution in [0.2, 0.25) is 0 Å². The van der Waals surface area contributed by atoms with E-state index in [4.69, 9.17) is 4.98 Å². The van der Waals surface area contributed by atoms with Crippen LogP contribution < -0.4 is 10.2 Å². The summed E-state index contributed by atoms with van der Waals surface area (Å²) < 4.78 is 0. The predicted octanol–water partition coefficient (Wildman–Crippen LogP) is 2.53. The largest absolute Gasteiger partial charge is 0.342 e. The van der Waals surface area contributed by atoms with E-state index >= 15 is 0 Å². The number of para-hydroxylation sites is 2. The van der Waals surface area contributed by atoms with E-state index in [0.717, 1.165) is 42.0 Å². The summed E-state index contributed by atoms with van der Waals surface area (Å²) in [6.45, 7) is 3.47. The van der Waals surface area contributed by atoms with Gasteiger partial charge in [-0.05, 0) is 50.3 Å². The van der Waals surface area contributed by atoms with Crippen molar-refractivity contribution in [1.29, 1.82) is 0 Å². The van der Waals surface area contributed by atoms with Crippen LogP contribution >= 0.6 is 0 Å². The summed E-state index contributed by atoms with van der Waals surface area (Å²) in [5.74, 6) is 1.90. The molecular formula is C16H22N4. The fraction of sp³-hybridized carbons (Fsp3) is 0.562. The predicted molar refractivity (Wildman–Crippen MR) is 82.1 cm³/mol. The average Bonchev–Trinajstić information content (AvgIpc) is 3.17. The van der Waals surface area contributed by atoms with Gasteiger partial charge < -0.3 is 15.2 Å². The maximum atomic E-state index is 4.71. The highest BCUT2D eigenvalue weighted by atomic mass is 15.3. The lowest BCUT2D eigenvalue weighted by Crippen LogP contribution is -2.41. The number of piperidine rings is 1. The zero-order valence-corrected chi connectivity index (χ0v) is 11.8. The van der Waals surface area contributed by atoms with Crippen LogP contribution in [-0.2, 0) is 0 Å². The van der Waals surface area contributed by atoms with Gasteiger partial charge in [0.2, 0.25) is 5.95 Å². The molecule has 20 heavy (non-hydrogen) atoms. The second-order valence-electron chi connectivity index (χ2n) is 6.10. The molecule has 4 heteroatoms. The minimum Gasteiger partial charge on any atom is -0.342 e. The van der Waals surface area contributed by atoms with Crippen LogP contribution in [0.25, 0.3) is 11.0 Å². The lowest BCUT2D eigenvalue weighted by molar-refractivity contribution is 0.318. The van der Waals surface area contributed by atoms with Crippen molar-refractivity contribution in [3.8, 4) is 0 Å². The number of rotatable bonds is 2. The first kappa shape index (κ1) is 12.2. The highest BCUT2D eigenvalue weighted by molar-refractivity contribution is 5.77. The third-order valence-electron chi connectivity index (χ3n) is 4.88. The summed E-state index contributed by atoms with van der Waals surface area (Å²) in [7, 11) is 0. The number of hydrogen-bond acceptors (Lipinski definition) is 3. The van der Waals surface area contributed by atoms with Crippen LogP contribution in [-0.4, -0.2) is 35.6 Å². The first-order valence-corrected chi connectivity index (χ1v) is 7.83. The Labute approximate surface area is 119 Å². The number of imidazole rings is 1. The van der Waals surface area contributed by atoms with E-state index in [9.17, 15) is 0 Å². The summed E-state index contributed by atoms with van der Waals surface area (Å²) in [6, 6.07) is 9.05. The molecular weight excluding hydrogens is 248 g/mol. The number of fused-ring (bicyclic) bond motifs is 1. The van der Waals surface area contributed by atoms with Crippen molar-refractivity contribution in [1.82, 2.24) is 15.3 Å². The summed E-state index contributed by atoms with van der Waals surface area (Å²) in [5.41, 5.74) is 2.21. The van der Waals surface area contributed by atoms with Crippen molar-refractivity contribution < 1.29 is 0 Å². The van der Waals surface area contributed by atoms with Gasteiger partial charge in [0.15, 0.2) is 0 Å². The van der Waals surface area contributed by atoms with Gasteiger partial charge in [0.25, 0.3) is 0 Å².